The van der Waals surface area contributed by atoms with Crippen LogP contribution in [0.1, 0.15) is 39.5 Å². The Morgan fingerprint density at radius 1 is 1.14 bits per heavy atom. The van der Waals surface area contributed by atoms with Gasteiger partial charge in [-0.05, 0) is 66.9 Å². The molecule has 0 bridgehead atoms. The van der Waals surface area contributed by atoms with Gasteiger partial charge in [-0.1, -0.05) is 18.2 Å². The van der Waals surface area contributed by atoms with Crippen molar-refractivity contribution in [2.75, 3.05) is 6.61 Å². The molecule has 0 radical (unpaired) electrons. The van der Waals surface area contributed by atoms with Gasteiger partial charge in [0.2, 0.25) is 0 Å². The van der Waals surface area contributed by atoms with Crippen LogP contribution >= 0.6 is 0 Å². The number of halogens is 2. The lowest BCUT2D eigenvalue weighted by Gasteiger charge is -2.17. The fourth-order valence-electron chi connectivity index (χ4n) is 3.22. The maximum absolute atomic E-state index is 14.1. The van der Waals surface area contributed by atoms with Crippen molar-refractivity contribution in [1.82, 2.24) is 5.43 Å². The van der Waals surface area contributed by atoms with Crippen LogP contribution in [0.3, 0.4) is 0 Å². The second kappa shape index (κ2) is 12.1. The molecular weight excluding hydrogens is 452 g/mol. The molecule has 0 fully saturated rings. The predicted octanol–water partition coefficient (Wildman–Crippen LogP) is 5.31. The van der Waals surface area contributed by atoms with Crippen molar-refractivity contribution in [3.8, 4) is 17.6 Å². The van der Waals surface area contributed by atoms with E-state index in [-0.39, 0.29) is 23.6 Å². The smallest absolute Gasteiger partial charge is 0.274 e. The fourth-order valence-corrected chi connectivity index (χ4v) is 3.22. The number of hydrogen-bond donors (Lipinski definition) is 1. The number of nitrogens with zero attached hydrogens (tertiary/aromatic N) is 2. The second-order valence-corrected chi connectivity index (χ2v) is 7.35. The summed E-state index contributed by atoms with van der Waals surface area (Å²) in [6.07, 6.45) is 3.59. The minimum atomic E-state index is -0.814. The molecule has 8 heteroatoms. The zero-order valence-corrected chi connectivity index (χ0v) is 19.1. The predicted molar refractivity (Wildman–Crippen MR) is 128 cm³/mol. The Labute approximate surface area is 202 Å². The third-order valence-corrected chi connectivity index (χ3v) is 4.84. The second-order valence-electron chi connectivity index (χ2n) is 7.35. The standard InChI is InChI=1S/C27H23F2N3O3/c1-3-5-21-12-20(16-31-32-27(33)23-11-8-19(15-30)13-24(23)29)14-25(34-4-2)26(21)35-17-18-6-9-22(28)10-7-18/h3,6-14,16H,1,4-5,17H2,2H3,(H,32,33)/b31-16-. The van der Waals surface area contributed by atoms with E-state index >= 15 is 0 Å². The first-order valence-corrected chi connectivity index (χ1v) is 10.8. The lowest BCUT2D eigenvalue weighted by Crippen LogP contribution is -2.19. The number of amides is 1. The van der Waals surface area contributed by atoms with E-state index in [9.17, 15) is 13.6 Å². The number of hydrogen-bond acceptors (Lipinski definition) is 5. The van der Waals surface area contributed by atoms with E-state index in [2.05, 4.69) is 17.1 Å². The van der Waals surface area contributed by atoms with Crippen molar-refractivity contribution >= 4 is 12.1 Å². The number of nitrogens with one attached hydrogen (secondary N) is 1. The largest absolute Gasteiger partial charge is 0.490 e. The highest BCUT2D eigenvalue weighted by Crippen LogP contribution is 2.34. The summed E-state index contributed by atoms with van der Waals surface area (Å²) in [4.78, 5) is 12.3. The third kappa shape index (κ3) is 6.74. The van der Waals surface area contributed by atoms with E-state index < -0.39 is 11.7 Å². The topological polar surface area (TPSA) is 83.7 Å². The number of carbonyl (C=O) groups is 1. The van der Waals surface area contributed by atoms with Crippen LogP contribution < -0.4 is 14.9 Å². The van der Waals surface area contributed by atoms with Crippen LogP contribution in [-0.2, 0) is 13.0 Å². The molecule has 0 saturated carbocycles. The highest BCUT2D eigenvalue weighted by atomic mass is 19.1. The molecule has 0 saturated heterocycles. The van der Waals surface area contributed by atoms with Crippen molar-refractivity contribution in [3.05, 3.63) is 107 Å². The van der Waals surface area contributed by atoms with Gasteiger partial charge in [0.05, 0.1) is 30.0 Å². The van der Waals surface area contributed by atoms with Crippen LogP contribution in [0.2, 0.25) is 0 Å². The maximum Gasteiger partial charge on any atom is 0.274 e. The molecule has 3 aromatic rings. The van der Waals surface area contributed by atoms with Crippen LogP contribution in [-0.4, -0.2) is 18.7 Å². The van der Waals surface area contributed by atoms with Gasteiger partial charge in [-0.2, -0.15) is 10.4 Å². The van der Waals surface area contributed by atoms with Crippen LogP contribution in [0.15, 0.2) is 72.4 Å². The number of ether oxygens (including phenoxy) is 2. The summed E-state index contributed by atoms with van der Waals surface area (Å²) in [6.45, 7) is 6.22. The van der Waals surface area contributed by atoms with Crippen molar-refractivity contribution in [2.24, 2.45) is 5.10 Å². The summed E-state index contributed by atoms with van der Waals surface area (Å²) in [7, 11) is 0. The third-order valence-electron chi connectivity index (χ3n) is 4.84. The molecule has 3 aromatic carbocycles. The normalized spacial score (nSPS) is 10.6. The average molecular weight is 475 g/mol. The van der Waals surface area contributed by atoms with E-state index in [4.69, 9.17) is 14.7 Å². The molecule has 0 spiro atoms. The number of nitriles is 1. The zero-order chi connectivity index (χ0) is 25.2. The quantitative estimate of drug-likeness (QED) is 0.245. The first-order chi connectivity index (χ1) is 16.9. The number of allylic oxidation sites excluding steroid dienone is 1. The first kappa shape index (κ1) is 25.1. The van der Waals surface area contributed by atoms with Gasteiger partial charge in [-0.3, -0.25) is 4.79 Å². The van der Waals surface area contributed by atoms with Gasteiger partial charge in [0.1, 0.15) is 18.2 Å². The van der Waals surface area contributed by atoms with E-state index in [0.29, 0.717) is 30.1 Å². The molecular formula is C27H23F2N3O3. The summed E-state index contributed by atoms with van der Waals surface area (Å²) in [5.41, 5.74) is 4.35. The molecule has 0 atom stereocenters. The minimum Gasteiger partial charge on any atom is -0.490 e. The first-order valence-electron chi connectivity index (χ1n) is 10.8. The highest BCUT2D eigenvalue weighted by molar-refractivity contribution is 5.95. The van der Waals surface area contributed by atoms with E-state index in [1.807, 2.05) is 19.1 Å². The van der Waals surface area contributed by atoms with Crippen molar-refractivity contribution < 1.29 is 23.0 Å². The van der Waals surface area contributed by atoms with Gasteiger partial charge in [-0.15, -0.1) is 6.58 Å². The van der Waals surface area contributed by atoms with E-state index in [0.717, 1.165) is 17.2 Å². The summed E-state index contributed by atoms with van der Waals surface area (Å²) >= 11 is 0. The van der Waals surface area contributed by atoms with E-state index in [1.54, 1.807) is 24.3 Å². The summed E-state index contributed by atoms with van der Waals surface area (Å²) in [5, 5.41) is 12.7. The molecule has 0 aromatic heterocycles. The molecule has 0 aliphatic heterocycles. The zero-order valence-electron chi connectivity index (χ0n) is 19.1. The van der Waals surface area contributed by atoms with Gasteiger partial charge in [0, 0.05) is 5.56 Å². The lowest BCUT2D eigenvalue weighted by molar-refractivity contribution is 0.0951. The van der Waals surface area contributed by atoms with Crippen molar-refractivity contribution in [2.45, 2.75) is 20.0 Å². The average Bonchev–Trinajstić information content (AvgIpc) is 2.84. The number of rotatable bonds is 10. The van der Waals surface area contributed by atoms with Gasteiger partial charge in [0.25, 0.3) is 5.91 Å². The number of carbonyl (C=O) groups excluding carboxylic acids is 1. The van der Waals surface area contributed by atoms with Crippen LogP contribution in [0.4, 0.5) is 8.78 Å². The van der Waals surface area contributed by atoms with Crippen LogP contribution in [0, 0.1) is 23.0 Å². The summed E-state index contributed by atoms with van der Waals surface area (Å²) < 4.78 is 39.0. The lowest BCUT2D eigenvalue weighted by atomic mass is 10.1. The Morgan fingerprint density at radius 3 is 2.57 bits per heavy atom. The molecule has 3 rings (SSSR count). The van der Waals surface area contributed by atoms with Gasteiger partial charge >= 0.3 is 0 Å². The Bertz CT molecular complexity index is 1280. The minimum absolute atomic E-state index is 0.113. The van der Waals surface area contributed by atoms with Gasteiger partial charge in [0.15, 0.2) is 11.5 Å². The summed E-state index contributed by atoms with van der Waals surface area (Å²) in [5.74, 6) is -0.893. The summed E-state index contributed by atoms with van der Waals surface area (Å²) in [6, 6.07) is 14.9. The van der Waals surface area contributed by atoms with Crippen molar-refractivity contribution in [3.63, 3.8) is 0 Å². The molecule has 0 unspecified atom stereocenters. The molecule has 0 aliphatic carbocycles. The highest BCUT2D eigenvalue weighted by Gasteiger charge is 2.14. The number of hydrazone groups is 1. The maximum atomic E-state index is 14.1. The SMILES string of the molecule is C=CCc1cc(/C=N\NC(=O)c2ccc(C#N)cc2F)cc(OCC)c1OCc1ccc(F)cc1. The molecule has 1 amide bonds. The van der Waals surface area contributed by atoms with E-state index in [1.165, 1.54) is 30.5 Å². The molecule has 0 heterocycles. The van der Waals surface area contributed by atoms with Crippen molar-refractivity contribution in [1.29, 1.82) is 5.26 Å². The van der Waals surface area contributed by atoms with Crippen LogP contribution in [0.5, 0.6) is 11.5 Å². The molecule has 1 N–H and O–H groups in total. The van der Waals surface area contributed by atoms with Gasteiger partial charge < -0.3 is 9.47 Å². The molecule has 0 aliphatic rings. The monoisotopic (exact) mass is 475 g/mol. The van der Waals surface area contributed by atoms with Crippen LogP contribution in [0.25, 0.3) is 0 Å². The Balaban J connectivity index is 1.80. The molecule has 6 nitrogen and oxygen atoms in total. The Kier molecular flexibility index (Phi) is 8.68. The number of benzene rings is 3. The Morgan fingerprint density at radius 2 is 1.91 bits per heavy atom. The molecule has 35 heavy (non-hydrogen) atoms. The van der Waals surface area contributed by atoms with Gasteiger partial charge in [-0.25, -0.2) is 14.2 Å². The Hall–Kier alpha value is -4.51. The fraction of sp³-hybridized carbons (Fsp3) is 0.148. The molecule has 178 valence electrons.